The Kier molecular flexibility index (Phi) is 48.2. The van der Waals surface area contributed by atoms with Gasteiger partial charge in [0.15, 0.2) is 0 Å². The lowest BCUT2D eigenvalue weighted by atomic mass is 10.0. The predicted octanol–water partition coefficient (Wildman–Crippen LogP) is 16.6. The van der Waals surface area contributed by atoms with E-state index >= 15 is 0 Å². The molecule has 0 heterocycles. The van der Waals surface area contributed by atoms with Crippen molar-refractivity contribution in [1.29, 1.82) is 0 Å². The van der Waals surface area contributed by atoms with Gasteiger partial charge in [0.1, 0.15) is 13.2 Å². The first-order valence-corrected chi connectivity index (χ1v) is 30.2. The number of nitrogens with one attached hydrogen (secondary N) is 1. The molecule has 66 heavy (non-hydrogen) atoms. The van der Waals surface area contributed by atoms with Crippen molar-refractivity contribution >= 4 is 13.7 Å². The molecule has 0 spiro atoms. The molecule has 9 heteroatoms. The van der Waals surface area contributed by atoms with Gasteiger partial charge in [0.25, 0.3) is 7.82 Å². The number of carbonyl (C=O) groups excluding carboxylic acids is 1. The number of phosphoric ester groups is 1. The van der Waals surface area contributed by atoms with Gasteiger partial charge in [-0.1, -0.05) is 269 Å². The van der Waals surface area contributed by atoms with Gasteiger partial charge >= 0.3 is 0 Å². The lowest BCUT2D eigenvalue weighted by Gasteiger charge is -2.29. The quantitative estimate of drug-likeness (QED) is 0.0272. The van der Waals surface area contributed by atoms with Crippen molar-refractivity contribution < 1.29 is 32.9 Å². The molecule has 0 saturated carbocycles. The molecule has 0 aliphatic carbocycles. The second-order valence-electron chi connectivity index (χ2n) is 21.0. The number of likely N-dealkylation sites (N-methyl/N-ethyl adjacent to an activating group) is 1. The molecule has 0 aliphatic heterocycles. The Morgan fingerprint density at radius 1 is 0.515 bits per heavy atom. The van der Waals surface area contributed by atoms with Crippen LogP contribution in [0.25, 0.3) is 0 Å². The Morgan fingerprint density at radius 3 is 1.23 bits per heavy atom. The lowest BCUT2D eigenvalue weighted by Crippen LogP contribution is -2.45. The summed E-state index contributed by atoms with van der Waals surface area (Å²) in [5.41, 5.74) is 0. The van der Waals surface area contributed by atoms with E-state index in [-0.39, 0.29) is 19.1 Å². The third-order valence-electron chi connectivity index (χ3n) is 13.2. The van der Waals surface area contributed by atoms with E-state index in [9.17, 15) is 19.4 Å². The number of rotatable bonds is 53. The summed E-state index contributed by atoms with van der Waals surface area (Å²) in [5, 5.41) is 13.9. The molecule has 2 N–H and O–H groups in total. The number of phosphoric acid groups is 1. The lowest BCUT2D eigenvalue weighted by molar-refractivity contribution is -0.870. The van der Waals surface area contributed by atoms with Crippen LogP contribution in [0.2, 0.25) is 0 Å². The Balaban J connectivity index is 4.23. The van der Waals surface area contributed by atoms with Crippen molar-refractivity contribution in [3.63, 3.8) is 0 Å². The summed E-state index contributed by atoms with van der Waals surface area (Å²) >= 11 is 0. The highest BCUT2D eigenvalue weighted by Gasteiger charge is 2.23. The van der Waals surface area contributed by atoms with E-state index in [1.54, 1.807) is 6.08 Å². The summed E-state index contributed by atoms with van der Waals surface area (Å²) in [4.78, 5) is 25.5. The van der Waals surface area contributed by atoms with Gasteiger partial charge in [-0.25, -0.2) is 0 Å². The molecule has 0 aromatic rings. The van der Waals surface area contributed by atoms with Gasteiger partial charge in [-0.3, -0.25) is 9.36 Å². The number of amides is 1. The first-order valence-electron chi connectivity index (χ1n) is 28.7. The van der Waals surface area contributed by atoms with Crippen LogP contribution in [0.3, 0.4) is 0 Å². The highest BCUT2D eigenvalue weighted by molar-refractivity contribution is 7.45. The van der Waals surface area contributed by atoms with Crippen LogP contribution >= 0.6 is 7.82 Å². The molecular weight excluding hydrogens is 840 g/mol. The molecule has 392 valence electrons. The second-order valence-corrected chi connectivity index (χ2v) is 22.4. The van der Waals surface area contributed by atoms with Crippen LogP contribution in [-0.2, 0) is 18.4 Å². The van der Waals surface area contributed by atoms with Crippen LogP contribution in [0.15, 0.2) is 24.3 Å². The first-order chi connectivity index (χ1) is 32.0. The number of quaternary nitrogens is 1. The molecule has 1 amide bonds. The fourth-order valence-electron chi connectivity index (χ4n) is 8.64. The summed E-state index contributed by atoms with van der Waals surface area (Å²) < 4.78 is 23.3. The minimum Gasteiger partial charge on any atom is -0.756 e. The van der Waals surface area contributed by atoms with Crippen LogP contribution in [-0.4, -0.2) is 68.5 Å². The summed E-state index contributed by atoms with van der Waals surface area (Å²) in [6.07, 6.45) is 61.1. The number of aliphatic hydroxyl groups is 1. The number of hydrogen-bond donors (Lipinski definition) is 2. The smallest absolute Gasteiger partial charge is 0.268 e. The maximum absolute atomic E-state index is 13.0. The molecule has 3 unspecified atom stereocenters. The van der Waals surface area contributed by atoms with Gasteiger partial charge < -0.3 is 28.8 Å². The first kappa shape index (κ1) is 65.0. The number of allylic oxidation sites excluding steroid dienone is 3. The molecule has 0 rings (SSSR count). The maximum atomic E-state index is 13.0. The Hall–Kier alpha value is -1.02. The molecule has 8 nitrogen and oxygen atoms in total. The third-order valence-corrected chi connectivity index (χ3v) is 14.1. The zero-order valence-corrected chi connectivity index (χ0v) is 45.6. The van der Waals surface area contributed by atoms with E-state index in [0.29, 0.717) is 17.4 Å². The summed E-state index contributed by atoms with van der Waals surface area (Å²) in [5.74, 6) is -0.201. The topological polar surface area (TPSA) is 108 Å². The summed E-state index contributed by atoms with van der Waals surface area (Å²) in [7, 11) is 1.26. The van der Waals surface area contributed by atoms with Crippen molar-refractivity contribution in [3.05, 3.63) is 24.3 Å². The highest BCUT2D eigenvalue weighted by atomic mass is 31.2. The van der Waals surface area contributed by atoms with E-state index in [1.165, 1.54) is 225 Å². The second kappa shape index (κ2) is 49.0. The Morgan fingerprint density at radius 2 is 0.848 bits per heavy atom. The van der Waals surface area contributed by atoms with Crippen molar-refractivity contribution in [2.75, 3.05) is 40.9 Å². The van der Waals surface area contributed by atoms with Crippen molar-refractivity contribution in [3.8, 4) is 0 Å². The molecule has 0 fully saturated rings. The third kappa shape index (κ3) is 50.8. The minimum absolute atomic E-state index is 0.00372. The fraction of sp³-hybridized carbons (Fsp3) is 0.912. The highest BCUT2D eigenvalue weighted by Crippen LogP contribution is 2.38. The standard InChI is InChI=1S/C57H113N2O6P/c1-6-8-10-12-14-16-18-20-22-24-26-28-29-31-33-35-37-39-41-43-45-47-49-51-57(61)58-55(54-65-66(62,63)64-53-52-59(3,4)5)56(60)50-48-46-44-42-40-38-36-34-32-30-27-25-23-21-19-17-15-13-11-9-7-2/h40,42,48,50,55-56,60H,6-39,41,43-47,49,51-54H2,1-5H3,(H-,58,61,62,63)/b42-40+,50-48+. The number of nitrogens with zero attached hydrogens (tertiary/aromatic N) is 1. The van der Waals surface area contributed by atoms with Crippen LogP contribution in [0.4, 0.5) is 0 Å². The fourth-order valence-corrected chi connectivity index (χ4v) is 9.37. The average molecular weight is 954 g/mol. The van der Waals surface area contributed by atoms with Gasteiger partial charge in [0, 0.05) is 6.42 Å². The van der Waals surface area contributed by atoms with Crippen LogP contribution in [0.5, 0.6) is 0 Å². The van der Waals surface area contributed by atoms with E-state index in [4.69, 9.17) is 9.05 Å². The van der Waals surface area contributed by atoms with Crippen molar-refractivity contribution in [2.45, 2.75) is 296 Å². The van der Waals surface area contributed by atoms with Crippen molar-refractivity contribution in [2.24, 2.45) is 0 Å². The molecule has 0 radical (unpaired) electrons. The van der Waals surface area contributed by atoms with Crippen LogP contribution < -0.4 is 10.2 Å². The van der Waals surface area contributed by atoms with Gasteiger partial charge in [-0.2, -0.15) is 0 Å². The summed E-state index contributed by atoms with van der Waals surface area (Å²) in [6, 6.07) is -0.900. The van der Waals surface area contributed by atoms with E-state index in [2.05, 4.69) is 31.3 Å². The van der Waals surface area contributed by atoms with Crippen LogP contribution in [0, 0.1) is 0 Å². The average Bonchev–Trinajstić information content (AvgIpc) is 3.28. The number of aliphatic hydroxyl groups excluding tert-OH is 1. The molecular formula is C57H113N2O6P. The SMILES string of the molecule is CCCCCCCCCCCCCCCCC/C=C/CC/C=C/C(O)C(COP(=O)([O-])OCC[N+](C)(C)C)NC(=O)CCCCCCCCCCCCCCCCCCCCCCCCC. The molecule has 0 saturated heterocycles. The molecule has 0 aromatic heterocycles. The van der Waals surface area contributed by atoms with E-state index < -0.39 is 20.0 Å². The summed E-state index contributed by atoms with van der Waals surface area (Å²) in [6.45, 7) is 4.67. The molecule has 0 aliphatic rings. The van der Waals surface area contributed by atoms with Gasteiger partial charge in [0.05, 0.1) is 39.9 Å². The van der Waals surface area contributed by atoms with E-state index in [0.717, 1.165) is 38.5 Å². The van der Waals surface area contributed by atoms with Gasteiger partial charge in [-0.15, -0.1) is 0 Å². The predicted molar refractivity (Wildman–Crippen MR) is 284 cm³/mol. The zero-order valence-electron chi connectivity index (χ0n) is 44.7. The monoisotopic (exact) mass is 953 g/mol. The van der Waals surface area contributed by atoms with Gasteiger partial charge in [-0.05, 0) is 32.1 Å². The Bertz CT molecular complexity index is 1130. The van der Waals surface area contributed by atoms with Crippen LogP contribution in [0.1, 0.15) is 284 Å². The normalized spacial score (nSPS) is 14.1. The molecule has 3 atom stereocenters. The van der Waals surface area contributed by atoms with Gasteiger partial charge in [0.2, 0.25) is 5.91 Å². The van der Waals surface area contributed by atoms with Crippen molar-refractivity contribution in [1.82, 2.24) is 5.32 Å². The zero-order chi connectivity index (χ0) is 48.5. The maximum Gasteiger partial charge on any atom is 0.268 e. The number of hydrogen-bond acceptors (Lipinski definition) is 6. The minimum atomic E-state index is -4.60. The number of carbonyl (C=O) groups is 1. The van der Waals surface area contributed by atoms with E-state index in [1.807, 2.05) is 27.2 Å². The Labute approximate surface area is 411 Å². The largest absolute Gasteiger partial charge is 0.756 e. The molecule has 0 bridgehead atoms. The number of unbranched alkanes of at least 4 members (excludes halogenated alkanes) is 38. The molecule has 0 aromatic carbocycles.